The molecule has 3 aromatic rings. The van der Waals surface area contributed by atoms with Crippen molar-refractivity contribution < 1.29 is 8.42 Å². The van der Waals surface area contributed by atoms with Crippen LogP contribution in [0.25, 0.3) is 5.78 Å². The summed E-state index contributed by atoms with van der Waals surface area (Å²) in [5.74, 6) is 1.41. The fourth-order valence-electron chi connectivity index (χ4n) is 2.47. The molecule has 3 rings (SSSR count). The van der Waals surface area contributed by atoms with Gasteiger partial charge in [-0.25, -0.2) is 13.4 Å². The predicted molar refractivity (Wildman–Crippen MR) is 102 cm³/mol. The summed E-state index contributed by atoms with van der Waals surface area (Å²) in [6.45, 7) is 3.99. The molecule has 26 heavy (non-hydrogen) atoms. The van der Waals surface area contributed by atoms with E-state index in [4.69, 9.17) is 0 Å². The first-order valence-corrected chi connectivity index (χ1v) is 10.2. The summed E-state index contributed by atoms with van der Waals surface area (Å²) in [7, 11) is -3.30. The molecule has 2 N–H and O–H groups in total. The number of anilines is 3. The smallest absolute Gasteiger partial charge is 0.254 e. The molecule has 1 aromatic carbocycles. The van der Waals surface area contributed by atoms with Crippen molar-refractivity contribution in [3.63, 3.8) is 0 Å². The van der Waals surface area contributed by atoms with Crippen molar-refractivity contribution in [1.82, 2.24) is 19.6 Å². The SMILES string of the molecule is CCCCS(=O)(=O)Nc1ccc(Nc2cc(CC)nc3ncnn23)cc1. The first-order chi connectivity index (χ1) is 12.5. The minimum atomic E-state index is -3.30. The number of aromatic nitrogens is 4. The van der Waals surface area contributed by atoms with Crippen LogP contribution in [0.4, 0.5) is 17.2 Å². The molecule has 0 aliphatic rings. The van der Waals surface area contributed by atoms with Gasteiger partial charge in [0.2, 0.25) is 10.0 Å². The molecule has 8 nitrogen and oxygen atoms in total. The molecular weight excluding hydrogens is 352 g/mol. The third-order valence-electron chi connectivity index (χ3n) is 3.86. The van der Waals surface area contributed by atoms with E-state index in [0.29, 0.717) is 17.9 Å². The number of sulfonamides is 1. The molecular formula is C17H22N6O2S. The summed E-state index contributed by atoms with van der Waals surface area (Å²) in [4.78, 5) is 8.54. The van der Waals surface area contributed by atoms with Crippen LogP contribution in [0.2, 0.25) is 0 Å². The highest BCUT2D eigenvalue weighted by Gasteiger charge is 2.10. The molecule has 2 heterocycles. The summed E-state index contributed by atoms with van der Waals surface area (Å²) in [5.41, 5.74) is 2.27. The van der Waals surface area contributed by atoms with Crippen molar-refractivity contribution in [1.29, 1.82) is 0 Å². The highest BCUT2D eigenvalue weighted by molar-refractivity contribution is 7.92. The minimum absolute atomic E-state index is 0.130. The van der Waals surface area contributed by atoms with Gasteiger partial charge in [-0.05, 0) is 37.1 Å². The Kier molecular flexibility index (Phi) is 5.36. The number of rotatable bonds is 8. The normalized spacial score (nSPS) is 11.6. The molecule has 0 atom stereocenters. The minimum Gasteiger partial charge on any atom is -0.340 e. The third kappa shape index (κ3) is 4.29. The zero-order valence-electron chi connectivity index (χ0n) is 14.8. The molecule has 0 saturated carbocycles. The first-order valence-electron chi connectivity index (χ1n) is 8.58. The van der Waals surface area contributed by atoms with Gasteiger partial charge in [0, 0.05) is 23.1 Å². The van der Waals surface area contributed by atoms with Crippen LogP contribution in [0.5, 0.6) is 0 Å². The summed E-state index contributed by atoms with van der Waals surface area (Å²) in [6, 6.07) is 9.00. The van der Waals surface area contributed by atoms with E-state index >= 15 is 0 Å². The van der Waals surface area contributed by atoms with Crippen LogP contribution in [-0.4, -0.2) is 33.8 Å². The van der Waals surface area contributed by atoms with E-state index in [-0.39, 0.29) is 5.75 Å². The molecule has 0 spiro atoms. The van der Waals surface area contributed by atoms with Crippen molar-refractivity contribution in [3.05, 3.63) is 42.4 Å². The molecule has 0 unspecified atom stereocenters. The molecule has 9 heteroatoms. The first kappa shape index (κ1) is 18.1. The Balaban J connectivity index is 1.77. The maximum Gasteiger partial charge on any atom is 0.254 e. The van der Waals surface area contributed by atoms with E-state index in [9.17, 15) is 8.42 Å². The van der Waals surface area contributed by atoms with Gasteiger partial charge in [0.25, 0.3) is 5.78 Å². The number of nitrogens with zero attached hydrogens (tertiary/aromatic N) is 4. The van der Waals surface area contributed by atoms with Gasteiger partial charge in [-0.1, -0.05) is 20.3 Å². The summed E-state index contributed by atoms with van der Waals surface area (Å²) in [5, 5.41) is 7.45. The second kappa shape index (κ2) is 7.69. The van der Waals surface area contributed by atoms with Crippen molar-refractivity contribution in [2.45, 2.75) is 33.1 Å². The lowest BCUT2D eigenvalue weighted by Gasteiger charge is -2.11. The van der Waals surface area contributed by atoms with Gasteiger partial charge in [-0.2, -0.15) is 14.6 Å². The molecule has 0 saturated heterocycles. The number of fused-ring (bicyclic) bond motifs is 1. The van der Waals surface area contributed by atoms with Crippen molar-refractivity contribution in [2.24, 2.45) is 0 Å². The van der Waals surface area contributed by atoms with Crippen LogP contribution in [0, 0.1) is 0 Å². The Morgan fingerprint density at radius 1 is 1.12 bits per heavy atom. The van der Waals surface area contributed by atoms with Gasteiger partial charge >= 0.3 is 0 Å². The Morgan fingerprint density at radius 2 is 1.85 bits per heavy atom. The topological polar surface area (TPSA) is 101 Å². The van der Waals surface area contributed by atoms with E-state index in [1.165, 1.54) is 6.33 Å². The van der Waals surface area contributed by atoms with Crippen LogP contribution >= 0.6 is 0 Å². The number of aryl methyl sites for hydroxylation is 1. The number of nitrogens with one attached hydrogen (secondary N) is 2. The Labute approximate surface area is 152 Å². The van der Waals surface area contributed by atoms with Crippen LogP contribution < -0.4 is 10.0 Å². The lowest BCUT2D eigenvalue weighted by atomic mass is 10.2. The van der Waals surface area contributed by atoms with E-state index in [1.54, 1.807) is 16.6 Å². The monoisotopic (exact) mass is 374 g/mol. The molecule has 138 valence electrons. The zero-order valence-corrected chi connectivity index (χ0v) is 15.6. The van der Waals surface area contributed by atoms with Crippen molar-refractivity contribution in [2.75, 3.05) is 15.8 Å². The molecule has 0 aliphatic heterocycles. The molecule has 0 aliphatic carbocycles. The average molecular weight is 374 g/mol. The van der Waals surface area contributed by atoms with Crippen LogP contribution in [-0.2, 0) is 16.4 Å². The predicted octanol–water partition coefficient (Wildman–Crippen LogP) is 2.97. The largest absolute Gasteiger partial charge is 0.340 e. The Morgan fingerprint density at radius 3 is 2.54 bits per heavy atom. The fourth-order valence-corrected chi connectivity index (χ4v) is 3.73. The number of hydrogen-bond acceptors (Lipinski definition) is 6. The van der Waals surface area contributed by atoms with Gasteiger partial charge in [0.1, 0.15) is 12.1 Å². The van der Waals surface area contributed by atoms with Crippen LogP contribution in [0.1, 0.15) is 32.4 Å². The van der Waals surface area contributed by atoms with E-state index < -0.39 is 10.0 Å². The van der Waals surface area contributed by atoms with E-state index in [0.717, 1.165) is 30.0 Å². The quantitative estimate of drug-likeness (QED) is 0.628. The van der Waals surface area contributed by atoms with E-state index in [1.807, 2.05) is 32.0 Å². The average Bonchev–Trinajstić information content (AvgIpc) is 3.10. The van der Waals surface area contributed by atoms with Gasteiger partial charge in [-0.15, -0.1) is 0 Å². The molecule has 0 amide bonds. The Bertz CT molecular complexity index is 982. The van der Waals surface area contributed by atoms with Gasteiger partial charge in [-0.3, -0.25) is 4.72 Å². The maximum absolute atomic E-state index is 12.0. The lowest BCUT2D eigenvalue weighted by Crippen LogP contribution is -2.16. The molecule has 0 bridgehead atoms. The fraction of sp³-hybridized carbons (Fsp3) is 0.353. The zero-order chi connectivity index (χ0) is 18.6. The molecule has 0 fully saturated rings. The second-order valence-corrected chi connectivity index (χ2v) is 7.78. The summed E-state index contributed by atoms with van der Waals surface area (Å²) in [6.07, 6.45) is 3.73. The van der Waals surface area contributed by atoms with Gasteiger partial charge < -0.3 is 5.32 Å². The van der Waals surface area contributed by atoms with Crippen LogP contribution in [0.3, 0.4) is 0 Å². The van der Waals surface area contributed by atoms with Gasteiger partial charge in [0.15, 0.2) is 0 Å². The summed E-state index contributed by atoms with van der Waals surface area (Å²) < 4.78 is 28.2. The number of benzene rings is 1. The van der Waals surface area contributed by atoms with Crippen molar-refractivity contribution >= 4 is 33.0 Å². The van der Waals surface area contributed by atoms with E-state index in [2.05, 4.69) is 25.1 Å². The lowest BCUT2D eigenvalue weighted by molar-refractivity contribution is 0.598. The third-order valence-corrected chi connectivity index (χ3v) is 5.24. The second-order valence-electron chi connectivity index (χ2n) is 5.93. The number of unbranched alkanes of at least 4 members (excludes halogenated alkanes) is 1. The Hall–Kier alpha value is -2.68. The van der Waals surface area contributed by atoms with Crippen molar-refractivity contribution in [3.8, 4) is 0 Å². The van der Waals surface area contributed by atoms with Gasteiger partial charge in [0.05, 0.1) is 5.75 Å². The summed E-state index contributed by atoms with van der Waals surface area (Å²) >= 11 is 0. The number of hydrogen-bond donors (Lipinski definition) is 2. The molecule has 2 aromatic heterocycles. The highest BCUT2D eigenvalue weighted by Crippen LogP contribution is 2.20. The standard InChI is InChI=1S/C17H22N6O2S/c1-3-5-10-26(24,25)22-15-8-6-14(7-9-15)20-16-11-13(4-2)21-17-18-12-19-23(16)17/h6-9,11-12,20,22H,3-5,10H2,1-2H3. The highest BCUT2D eigenvalue weighted by atomic mass is 32.2. The van der Waals surface area contributed by atoms with Crippen LogP contribution in [0.15, 0.2) is 36.7 Å². The maximum atomic E-state index is 12.0. The molecule has 0 radical (unpaired) electrons.